The van der Waals surface area contributed by atoms with Gasteiger partial charge in [-0.1, -0.05) is 13.0 Å². The number of hydrogen-bond acceptors (Lipinski definition) is 4. The molecule has 0 saturated carbocycles. The minimum Gasteiger partial charge on any atom is -0.383 e. The van der Waals surface area contributed by atoms with Gasteiger partial charge in [0.15, 0.2) is 0 Å². The van der Waals surface area contributed by atoms with Gasteiger partial charge >= 0.3 is 0 Å². The molecule has 0 aromatic heterocycles. The minimum absolute atomic E-state index is 0.182. The summed E-state index contributed by atoms with van der Waals surface area (Å²) in [6.07, 6.45) is 0. The van der Waals surface area contributed by atoms with Crippen molar-refractivity contribution >= 4 is 10.0 Å². The lowest BCUT2D eigenvalue weighted by Gasteiger charge is -2.27. The largest absolute Gasteiger partial charge is 0.383 e. The van der Waals surface area contributed by atoms with Gasteiger partial charge in [-0.2, -0.15) is 9.57 Å². The second-order valence-corrected chi connectivity index (χ2v) is 6.46. The van der Waals surface area contributed by atoms with E-state index in [1.165, 1.54) is 10.4 Å². The maximum Gasteiger partial charge on any atom is 0.243 e. The third kappa shape index (κ3) is 3.37. The molecule has 0 aliphatic heterocycles. The Bertz CT molecular complexity index is 605. The van der Waals surface area contributed by atoms with E-state index < -0.39 is 10.0 Å². The molecule has 0 aliphatic carbocycles. The van der Waals surface area contributed by atoms with Crippen molar-refractivity contribution in [2.24, 2.45) is 0 Å². The highest BCUT2D eigenvalue weighted by molar-refractivity contribution is 7.89. The van der Waals surface area contributed by atoms with E-state index in [0.717, 1.165) is 0 Å². The zero-order valence-electron chi connectivity index (χ0n) is 12.3. The van der Waals surface area contributed by atoms with Crippen LogP contribution in [0.1, 0.15) is 25.0 Å². The number of rotatable bonds is 6. The van der Waals surface area contributed by atoms with Crippen molar-refractivity contribution in [3.8, 4) is 6.07 Å². The van der Waals surface area contributed by atoms with E-state index in [9.17, 15) is 8.42 Å². The molecule has 0 heterocycles. The van der Waals surface area contributed by atoms with Crippen molar-refractivity contribution in [1.29, 1.82) is 5.26 Å². The molecule has 20 heavy (non-hydrogen) atoms. The van der Waals surface area contributed by atoms with Gasteiger partial charge in [-0.25, -0.2) is 8.42 Å². The number of hydrogen-bond donors (Lipinski definition) is 0. The lowest BCUT2D eigenvalue weighted by atomic mass is 10.2. The molecule has 0 aliphatic rings. The Morgan fingerprint density at radius 1 is 1.45 bits per heavy atom. The van der Waals surface area contributed by atoms with Crippen LogP contribution in [0.4, 0.5) is 0 Å². The molecule has 1 atom stereocenters. The first kappa shape index (κ1) is 16.6. The minimum atomic E-state index is -3.63. The fourth-order valence-corrected chi connectivity index (χ4v) is 3.99. The van der Waals surface area contributed by atoms with Crippen LogP contribution in [0.3, 0.4) is 0 Å². The number of ether oxygens (including phenoxy) is 1. The van der Waals surface area contributed by atoms with Gasteiger partial charge in [0.2, 0.25) is 10.0 Å². The van der Waals surface area contributed by atoms with Crippen LogP contribution in [0.15, 0.2) is 23.1 Å². The third-order valence-electron chi connectivity index (χ3n) is 3.12. The van der Waals surface area contributed by atoms with Gasteiger partial charge in [-0.05, 0) is 31.5 Å². The van der Waals surface area contributed by atoms with E-state index in [2.05, 4.69) is 0 Å². The van der Waals surface area contributed by atoms with Crippen LogP contribution in [0, 0.1) is 18.3 Å². The molecule has 6 heteroatoms. The number of nitriles is 1. The first-order valence-electron chi connectivity index (χ1n) is 6.40. The number of nitrogens with zero attached hydrogens (tertiary/aromatic N) is 2. The molecular formula is C14H20N2O3S. The van der Waals surface area contributed by atoms with E-state index in [4.69, 9.17) is 10.00 Å². The first-order chi connectivity index (χ1) is 9.38. The Hall–Kier alpha value is -1.42. The van der Waals surface area contributed by atoms with Gasteiger partial charge in [0.05, 0.1) is 23.1 Å². The molecule has 0 bridgehead atoms. The molecule has 110 valence electrons. The summed E-state index contributed by atoms with van der Waals surface area (Å²) < 4.78 is 31.9. The number of sulfonamides is 1. The fraction of sp³-hybridized carbons (Fsp3) is 0.500. The number of benzene rings is 1. The molecule has 1 unspecified atom stereocenters. The summed E-state index contributed by atoms with van der Waals surface area (Å²) in [5.41, 5.74) is 0.969. The summed E-state index contributed by atoms with van der Waals surface area (Å²) in [5.74, 6) is 0. The van der Waals surface area contributed by atoms with E-state index in [1.54, 1.807) is 40.0 Å². The van der Waals surface area contributed by atoms with Crippen LogP contribution in [-0.2, 0) is 14.8 Å². The molecule has 5 nitrogen and oxygen atoms in total. The Morgan fingerprint density at radius 3 is 2.60 bits per heavy atom. The highest BCUT2D eigenvalue weighted by Crippen LogP contribution is 2.23. The van der Waals surface area contributed by atoms with Crippen LogP contribution in [0.2, 0.25) is 0 Å². The third-order valence-corrected chi connectivity index (χ3v) is 5.35. The summed E-state index contributed by atoms with van der Waals surface area (Å²) >= 11 is 0. The van der Waals surface area contributed by atoms with Crippen LogP contribution in [0.25, 0.3) is 0 Å². The van der Waals surface area contributed by atoms with Gasteiger partial charge < -0.3 is 4.74 Å². The summed E-state index contributed by atoms with van der Waals surface area (Å²) in [6, 6.07) is 6.40. The lowest BCUT2D eigenvalue weighted by Crippen LogP contribution is -2.41. The molecule has 0 radical (unpaired) electrons. The topological polar surface area (TPSA) is 70.4 Å². The molecule has 0 fully saturated rings. The van der Waals surface area contributed by atoms with E-state index in [1.807, 2.05) is 6.07 Å². The quantitative estimate of drug-likeness (QED) is 0.804. The predicted octanol–water partition coefficient (Wildman–Crippen LogP) is 1.91. The molecule has 0 amide bonds. The number of aryl methyl sites for hydroxylation is 1. The molecule has 0 saturated heterocycles. The normalized spacial score (nSPS) is 13.2. The van der Waals surface area contributed by atoms with Gasteiger partial charge in [-0.3, -0.25) is 0 Å². The standard InChI is InChI=1S/C14H20N2O3S/c1-5-16(12(3)10-19-4)20(17,18)14-8-13(9-15)7-6-11(14)2/h6-8,12H,5,10H2,1-4H3. The van der Waals surface area contributed by atoms with Crippen molar-refractivity contribution in [1.82, 2.24) is 4.31 Å². The molecule has 0 N–H and O–H groups in total. The molecular weight excluding hydrogens is 276 g/mol. The average molecular weight is 296 g/mol. The van der Waals surface area contributed by atoms with Gasteiger partial charge in [0, 0.05) is 19.7 Å². The van der Waals surface area contributed by atoms with Crippen LogP contribution < -0.4 is 0 Å². The Kier molecular flexibility index (Phi) is 5.69. The summed E-state index contributed by atoms with van der Waals surface area (Å²) in [6.45, 7) is 5.98. The first-order valence-corrected chi connectivity index (χ1v) is 7.84. The van der Waals surface area contributed by atoms with Gasteiger partial charge in [0.1, 0.15) is 0 Å². The van der Waals surface area contributed by atoms with Crippen LogP contribution >= 0.6 is 0 Å². The SMILES string of the molecule is CCN(C(C)COC)S(=O)(=O)c1cc(C#N)ccc1C. The van der Waals surface area contributed by atoms with E-state index in [0.29, 0.717) is 24.3 Å². The zero-order chi connectivity index (χ0) is 15.3. The van der Waals surface area contributed by atoms with Crippen molar-refractivity contribution in [3.63, 3.8) is 0 Å². The Balaban J connectivity index is 3.31. The molecule has 1 aromatic rings. The van der Waals surface area contributed by atoms with Crippen molar-refractivity contribution < 1.29 is 13.2 Å². The van der Waals surface area contributed by atoms with Gasteiger partial charge in [-0.15, -0.1) is 0 Å². The van der Waals surface area contributed by atoms with Gasteiger partial charge in [0.25, 0.3) is 0 Å². The van der Waals surface area contributed by atoms with E-state index >= 15 is 0 Å². The van der Waals surface area contributed by atoms with Crippen molar-refractivity contribution in [2.45, 2.75) is 31.7 Å². The van der Waals surface area contributed by atoms with Crippen molar-refractivity contribution in [3.05, 3.63) is 29.3 Å². The summed E-state index contributed by atoms with van der Waals surface area (Å²) in [5, 5.41) is 8.93. The predicted molar refractivity (Wildman–Crippen MR) is 76.8 cm³/mol. The number of methoxy groups -OCH3 is 1. The lowest BCUT2D eigenvalue weighted by molar-refractivity contribution is 0.142. The zero-order valence-corrected chi connectivity index (χ0v) is 13.1. The second-order valence-electron chi connectivity index (χ2n) is 4.60. The molecule has 0 spiro atoms. The van der Waals surface area contributed by atoms with Crippen LogP contribution in [0.5, 0.6) is 0 Å². The van der Waals surface area contributed by atoms with Crippen molar-refractivity contribution in [2.75, 3.05) is 20.3 Å². The maximum absolute atomic E-state index is 12.7. The highest BCUT2D eigenvalue weighted by atomic mass is 32.2. The number of likely N-dealkylation sites (N-methyl/N-ethyl adjacent to an activating group) is 1. The second kappa shape index (κ2) is 6.84. The molecule has 1 aromatic carbocycles. The molecule has 1 rings (SSSR count). The monoisotopic (exact) mass is 296 g/mol. The van der Waals surface area contributed by atoms with Crippen LogP contribution in [-0.4, -0.2) is 39.0 Å². The average Bonchev–Trinajstić information content (AvgIpc) is 2.39. The highest BCUT2D eigenvalue weighted by Gasteiger charge is 2.29. The maximum atomic E-state index is 12.7. The summed E-state index contributed by atoms with van der Waals surface area (Å²) in [7, 11) is -2.09. The Morgan fingerprint density at radius 2 is 2.10 bits per heavy atom. The summed E-state index contributed by atoms with van der Waals surface area (Å²) in [4.78, 5) is 0.182. The Labute approximate surface area is 120 Å². The van der Waals surface area contributed by atoms with E-state index in [-0.39, 0.29) is 10.9 Å². The smallest absolute Gasteiger partial charge is 0.243 e. The fourth-order valence-electron chi connectivity index (χ4n) is 2.12.